The van der Waals surface area contributed by atoms with Crippen molar-refractivity contribution in [3.63, 3.8) is 0 Å². The van der Waals surface area contributed by atoms with Crippen molar-refractivity contribution in [2.75, 3.05) is 13.2 Å². The van der Waals surface area contributed by atoms with Crippen LogP contribution in [0, 0.1) is 0 Å². The Morgan fingerprint density at radius 3 is 2.77 bits per heavy atom. The summed E-state index contributed by atoms with van der Waals surface area (Å²) in [7, 11) is 0. The third-order valence-corrected chi connectivity index (χ3v) is 4.51. The standard InChI is InChI=1S/C17H16BrNO3/c18-14-7-3-1-5-12(14)16(20)19-11-17(21)9-10-22-15-8-4-2-6-13(15)17/h1-8,21H,9-11H2,(H,19,20). The van der Waals surface area contributed by atoms with Crippen LogP contribution in [0.3, 0.4) is 0 Å². The van der Waals surface area contributed by atoms with Gasteiger partial charge in [0, 0.05) is 16.5 Å². The van der Waals surface area contributed by atoms with Crippen molar-refractivity contribution >= 4 is 21.8 Å². The minimum absolute atomic E-state index is 0.146. The van der Waals surface area contributed by atoms with E-state index in [0.717, 1.165) is 4.47 Å². The zero-order valence-electron chi connectivity index (χ0n) is 11.9. The highest BCUT2D eigenvalue weighted by molar-refractivity contribution is 9.10. The number of carbonyl (C=O) groups excluding carboxylic acids is 1. The number of benzene rings is 2. The van der Waals surface area contributed by atoms with Crippen molar-refractivity contribution in [2.45, 2.75) is 12.0 Å². The van der Waals surface area contributed by atoms with E-state index in [4.69, 9.17) is 4.74 Å². The topological polar surface area (TPSA) is 58.6 Å². The Kier molecular flexibility index (Phi) is 4.18. The zero-order chi connectivity index (χ0) is 15.6. The Labute approximate surface area is 137 Å². The van der Waals surface area contributed by atoms with Crippen molar-refractivity contribution in [2.24, 2.45) is 0 Å². The minimum Gasteiger partial charge on any atom is -0.493 e. The summed E-state index contributed by atoms with van der Waals surface area (Å²) in [5.41, 5.74) is 0.159. The molecule has 114 valence electrons. The van der Waals surface area contributed by atoms with E-state index >= 15 is 0 Å². The molecule has 1 aliphatic rings. The number of aliphatic hydroxyl groups is 1. The molecular formula is C17H16BrNO3. The molecule has 2 N–H and O–H groups in total. The molecular weight excluding hydrogens is 346 g/mol. The number of amides is 1. The van der Waals surface area contributed by atoms with Crippen LogP contribution in [-0.4, -0.2) is 24.2 Å². The van der Waals surface area contributed by atoms with Crippen LogP contribution in [0.4, 0.5) is 0 Å². The summed E-state index contributed by atoms with van der Waals surface area (Å²) < 4.78 is 6.28. The van der Waals surface area contributed by atoms with E-state index in [2.05, 4.69) is 21.2 Å². The van der Waals surface area contributed by atoms with Gasteiger partial charge in [-0.2, -0.15) is 0 Å². The molecule has 0 saturated heterocycles. The molecule has 0 aliphatic carbocycles. The number of para-hydroxylation sites is 1. The molecule has 1 amide bonds. The third kappa shape index (κ3) is 2.87. The van der Waals surface area contributed by atoms with Gasteiger partial charge in [0.05, 0.1) is 18.7 Å². The molecule has 1 heterocycles. The summed E-state index contributed by atoms with van der Waals surface area (Å²) >= 11 is 3.36. The molecule has 1 atom stereocenters. The van der Waals surface area contributed by atoms with Crippen LogP contribution in [-0.2, 0) is 5.60 Å². The lowest BCUT2D eigenvalue weighted by Crippen LogP contribution is -2.44. The van der Waals surface area contributed by atoms with Gasteiger partial charge in [-0.05, 0) is 34.1 Å². The molecule has 0 fully saturated rings. The first-order valence-corrected chi connectivity index (χ1v) is 7.87. The Morgan fingerprint density at radius 2 is 1.95 bits per heavy atom. The monoisotopic (exact) mass is 361 g/mol. The number of rotatable bonds is 3. The van der Waals surface area contributed by atoms with Gasteiger partial charge in [-0.25, -0.2) is 0 Å². The lowest BCUT2D eigenvalue weighted by Gasteiger charge is -2.34. The molecule has 0 radical (unpaired) electrons. The van der Waals surface area contributed by atoms with Gasteiger partial charge in [0.2, 0.25) is 0 Å². The lowest BCUT2D eigenvalue weighted by atomic mass is 9.88. The van der Waals surface area contributed by atoms with Crippen molar-refractivity contribution in [3.05, 3.63) is 64.1 Å². The van der Waals surface area contributed by atoms with Gasteiger partial charge >= 0.3 is 0 Å². The van der Waals surface area contributed by atoms with Gasteiger partial charge in [-0.15, -0.1) is 0 Å². The number of nitrogens with one attached hydrogen (secondary N) is 1. The summed E-state index contributed by atoms with van der Waals surface area (Å²) in [5.74, 6) is 0.455. The van der Waals surface area contributed by atoms with Gasteiger partial charge in [0.1, 0.15) is 11.4 Å². The maximum Gasteiger partial charge on any atom is 0.252 e. The fourth-order valence-corrected chi connectivity index (χ4v) is 3.06. The Hall–Kier alpha value is -1.85. The van der Waals surface area contributed by atoms with Crippen LogP contribution in [0.2, 0.25) is 0 Å². The number of fused-ring (bicyclic) bond motifs is 1. The predicted molar refractivity (Wildman–Crippen MR) is 86.9 cm³/mol. The third-order valence-electron chi connectivity index (χ3n) is 3.82. The Morgan fingerprint density at radius 1 is 1.23 bits per heavy atom. The fourth-order valence-electron chi connectivity index (χ4n) is 2.59. The first-order valence-electron chi connectivity index (χ1n) is 7.07. The predicted octanol–water partition coefficient (Wildman–Crippen LogP) is 2.85. The molecule has 3 rings (SSSR count). The molecule has 1 aliphatic heterocycles. The van der Waals surface area contributed by atoms with E-state index in [1.54, 1.807) is 12.1 Å². The van der Waals surface area contributed by atoms with E-state index in [0.29, 0.717) is 29.9 Å². The molecule has 22 heavy (non-hydrogen) atoms. The van der Waals surface area contributed by atoms with E-state index in [-0.39, 0.29) is 12.5 Å². The molecule has 2 aromatic rings. The smallest absolute Gasteiger partial charge is 0.252 e. The fraction of sp³-hybridized carbons (Fsp3) is 0.235. The van der Waals surface area contributed by atoms with Gasteiger partial charge < -0.3 is 15.2 Å². The van der Waals surface area contributed by atoms with E-state index in [1.165, 1.54) is 0 Å². The summed E-state index contributed by atoms with van der Waals surface area (Å²) in [6.45, 7) is 0.575. The van der Waals surface area contributed by atoms with E-state index < -0.39 is 5.60 Å². The van der Waals surface area contributed by atoms with Gasteiger partial charge in [-0.1, -0.05) is 30.3 Å². The highest BCUT2D eigenvalue weighted by Gasteiger charge is 2.35. The van der Waals surface area contributed by atoms with Crippen LogP contribution in [0.1, 0.15) is 22.3 Å². The van der Waals surface area contributed by atoms with Gasteiger partial charge in [0.25, 0.3) is 5.91 Å². The maximum absolute atomic E-state index is 12.3. The van der Waals surface area contributed by atoms with Gasteiger partial charge in [-0.3, -0.25) is 4.79 Å². The number of halogens is 1. The molecule has 0 saturated carbocycles. The highest BCUT2D eigenvalue weighted by Crippen LogP contribution is 2.36. The number of carbonyl (C=O) groups is 1. The highest BCUT2D eigenvalue weighted by atomic mass is 79.9. The Balaban J connectivity index is 1.77. The molecule has 5 heteroatoms. The van der Waals surface area contributed by atoms with E-state index in [9.17, 15) is 9.90 Å². The van der Waals surface area contributed by atoms with Crippen LogP contribution in [0.5, 0.6) is 5.75 Å². The molecule has 2 aromatic carbocycles. The quantitative estimate of drug-likeness (QED) is 0.883. The van der Waals surface area contributed by atoms with Crippen molar-refractivity contribution < 1.29 is 14.6 Å². The maximum atomic E-state index is 12.3. The lowest BCUT2D eigenvalue weighted by molar-refractivity contribution is -0.00161. The summed E-state index contributed by atoms with van der Waals surface area (Å²) in [6, 6.07) is 14.6. The van der Waals surface area contributed by atoms with Gasteiger partial charge in [0.15, 0.2) is 0 Å². The molecule has 0 aromatic heterocycles. The first kappa shape index (κ1) is 15.1. The molecule has 0 bridgehead atoms. The number of hydrogen-bond donors (Lipinski definition) is 2. The summed E-state index contributed by atoms with van der Waals surface area (Å²) in [6.07, 6.45) is 0.445. The Bertz CT molecular complexity index is 704. The number of ether oxygens (including phenoxy) is 1. The zero-order valence-corrected chi connectivity index (χ0v) is 13.5. The van der Waals surface area contributed by atoms with E-state index in [1.807, 2.05) is 36.4 Å². The summed E-state index contributed by atoms with van der Waals surface area (Å²) in [4.78, 5) is 12.3. The molecule has 1 unspecified atom stereocenters. The second-order valence-corrected chi connectivity index (χ2v) is 6.14. The van der Waals surface area contributed by atoms with Crippen LogP contribution in [0.25, 0.3) is 0 Å². The largest absolute Gasteiger partial charge is 0.493 e. The van der Waals surface area contributed by atoms with Crippen LogP contribution < -0.4 is 10.1 Å². The van der Waals surface area contributed by atoms with Crippen LogP contribution in [0.15, 0.2) is 53.0 Å². The van der Waals surface area contributed by atoms with Crippen molar-refractivity contribution in [1.82, 2.24) is 5.32 Å². The first-order chi connectivity index (χ1) is 10.6. The normalized spacial score (nSPS) is 19.9. The molecule has 0 spiro atoms. The average Bonchev–Trinajstić information content (AvgIpc) is 2.54. The van der Waals surface area contributed by atoms with Crippen LogP contribution >= 0.6 is 15.9 Å². The minimum atomic E-state index is -1.11. The number of hydrogen-bond acceptors (Lipinski definition) is 3. The average molecular weight is 362 g/mol. The molecule has 4 nitrogen and oxygen atoms in total. The van der Waals surface area contributed by atoms with Crippen molar-refractivity contribution in [3.8, 4) is 5.75 Å². The second kappa shape index (κ2) is 6.10. The SMILES string of the molecule is O=C(NCC1(O)CCOc2ccccc21)c1ccccc1Br. The van der Waals surface area contributed by atoms with Crippen molar-refractivity contribution in [1.29, 1.82) is 0 Å². The second-order valence-electron chi connectivity index (χ2n) is 5.29. The summed E-state index contributed by atoms with van der Waals surface area (Å²) in [5, 5.41) is 13.7.